The highest BCUT2D eigenvalue weighted by Crippen LogP contribution is 2.21. The van der Waals surface area contributed by atoms with Crippen molar-refractivity contribution >= 4 is 17.0 Å². The van der Waals surface area contributed by atoms with E-state index < -0.39 is 0 Å². The van der Waals surface area contributed by atoms with Gasteiger partial charge in [-0.05, 0) is 51.8 Å². The number of aromatic nitrogens is 2. The molecule has 1 unspecified atom stereocenters. The molecule has 1 aliphatic rings. The maximum absolute atomic E-state index is 12.6. The van der Waals surface area contributed by atoms with Gasteiger partial charge in [0.2, 0.25) is 0 Å². The molecule has 1 fully saturated rings. The van der Waals surface area contributed by atoms with Gasteiger partial charge in [-0.2, -0.15) is 0 Å². The summed E-state index contributed by atoms with van der Waals surface area (Å²) in [6.07, 6.45) is 3.93. The predicted molar refractivity (Wildman–Crippen MR) is 93.1 cm³/mol. The number of piperidine rings is 1. The summed E-state index contributed by atoms with van der Waals surface area (Å²) in [5.41, 5.74) is 2.48. The molecule has 1 N–H and O–H groups in total. The SMILES string of the molecule is Cc1cc(C(=O)NCC(C)CN2CCCCC2)c2c(C)noc2n1. The van der Waals surface area contributed by atoms with Crippen LogP contribution in [0.15, 0.2) is 10.6 Å². The molecule has 0 aliphatic carbocycles. The van der Waals surface area contributed by atoms with E-state index in [2.05, 4.69) is 27.3 Å². The number of carbonyl (C=O) groups excluding carboxylic acids is 1. The van der Waals surface area contributed by atoms with Crippen molar-refractivity contribution in [1.29, 1.82) is 0 Å². The molecular weight excluding hydrogens is 304 g/mol. The molecule has 2 aromatic heterocycles. The molecule has 1 saturated heterocycles. The summed E-state index contributed by atoms with van der Waals surface area (Å²) >= 11 is 0. The fourth-order valence-electron chi connectivity index (χ4n) is 3.41. The first kappa shape index (κ1) is 16.9. The van der Waals surface area contributed by atoms with Crippen molar-refractivity contribution in [1.82, 2.24) is 20.4 Å². The van der Waals surface area contributed by atoms with E-state index in [1.165, 1.54) is 32.4 Å². The minimum Gasteiger partial charge on any atom is -0.352 e. The maximum Gasteiger partial charge on any atom is 0.258 e. The normalized spacial score (nSPS) is 17.1. The van der Waals surface area contributed by atoms with E-state index in [0.717, 1.165) is 12.2 Å². The molecule has 0 aromatic carbocycles. The van der Waals surface area contributed by atoms with Crippen molar-refractivity contribution in [3.05, 3.63) is 23.0 Å². The molecule has 0 spiro atoms. The Morgan fingerprint density at radius 3 is 2.83 bits per heavy atom. The number of likely N-dealkylation sites (tertiary alicyclic amines) is 1. The van der Waals surface area contributed by atoms with Crippen LogP contribution < -0.4 is 5.32 Å². The van der Waals surface area contributed by atoms with E-state index in [4.69, 9.17) is 4.52 Å². The Kier molecular flexibility index (Phi) is 5.14. The molecule has 1 aliphatic heterocycles. The molecule has 0 saturated carbocycles. The molecule has 1 atom stereocenters. The molecule has 24 heavy (non-hydrogen) atoms. The fourth-order valence-corrected chi connectivity index (χ4v) is 3.41. The lowest BCUT2D eigenvalue weighted by atomic mass is 10.1. The smallest absolute Gasteiger partial charge is 0.258 e. The third-order valence-electron chi connectivity index (χ3n) is 4.62. The van der Waals surface area contributed by atoms with Crippen LogP contribution in [0.5, 0.6) is 0 Å². The molecule has 3 rings (SSSR count). The van der Waals surface area contributed by atoms with E-state index in [0.29, 0.717) is 34.8 Å². The van der Waals surface area contributed by atoms with Crippen LogP contribution in [0.1, 0.15) is 47.9 Å². The van der Waals surface area contributed by atoms with Crippen LogP contribution in [0.25, 0.3) is 11.1 Å². The van der Waals surface area contributed by atoms with E-state index in [-0.39, 0.29) is 5.91 Å². The largest absolute Gasteiger partial charge is 0.352 e. The van der Waals surface area contributed by atoms with Crippen molar-refractivity contribution < 1.29 is 9.32 Å². The number of carbonyl (C=O) groups is 1. The standard InChI is InChI=1S/C18H26N4O2/c1-12(11-22-7-5-4-6-8-22)10-19-17(23)15-9-13(2)20-18-16(15)14(3)21-24-18/h9,12H,4-8,10-11H2,1-3H3,(H,19,23). The van der Waals surface area contributed by atoms with Gasteiger partial charge in [0.15, 0.2) is 0 Å². The van der Waals surface area contributed by atoms with Crippen molar-refractivity contribution in [3.63, 3.8) is 0 Å². The number of aryl methyl sites for hydroxylation is 2. The summed E-state index contributed by atoms with van der Waals surface area (Å²) in [6, 6.07) is 1.80. The number of rotatable bonds is 5. The van der Waals surface area contributed by atoms with Gasteiger partial charge in [-0.25, -0.2) is 4.98 Å². The van der Waals surface area contributed by atoms with Crippen molar-refractivity contribution in [2.45, 2.75) is 40.0 Å². The number of nitrogens with zero attached hydrogens (tertiary/aromatic N) is 3. The van der Waals surface area contributed by atoms with Crippen LogP contribution in [0.2, 0.25) is 0 Å². The van der Waals surface area contributed by atoms with Crippen LogP contribution in [-0.2, 0) is 0 Å². The molecule has 0 radical (unpaired) electrons. The first-order valence-corrected chi connectivity index (χ1v) is 8.79. The molecular formula is C18H26N4O2. The monoisotopic (exact) mass is 330 g/mol. The third-order valence-corrected chi connectivity index (χ3v) is 4.62. The van der Waals surface area contributed by atoms with E-state index >= 15 is 0 Å². The van der Waals surface area contributed by atoms with Gasteiger partial charge in [0, 0.05) is 18.8 Å². The topological polar surface area (TPSA) is 71.3 Å². The lowest BCUT2D eigenvalue weighted by molar-refractivity contribution is 0.0944. The quantitative estimate of drug-likeness (QED) is 0.912. The second-order valence-electron chi connectivity index (χ2n) is 6.94. The van der Waals surface area contributed by atoms with E-state index in [1.54, 1.807) is 6.07 Å². The minimum absolute atomic E-state index is 0.0812. The molecule has 3 heterocycles. The summed E-state index contributed by atoms with van der Waals surface area (Å²) in [7, 11) is 0. The average Bonchev–Trinajstić information content (AvgIpc) is 2.93. The number of hydrogen-bond donors (Lipinski definition) is 1. The van der Waals surface area contributed by atoms with Crippen LogP contribution in [0, 0.1) is 19.8 Å². The Morgan fingerprint density at radius 1 is 1.33 bits per heavy atom. The molecule has 130 valence electrons. The second kappa shape index (κ2) is 7.30. The highest BCUT2D eigenvalue weighted by atomic mass is 16.5. The highest BCUT2D eigenvalue weighted by Gasteiger charge is 2.19. The Bertz CT molecular complexity index is 719. The van der Waals surface area contributed by atoms with Gasteiger partial charge in [0.1, 0.15) is 0 Å². The van der Waals surface area contributed by atoms with Gasteiger partial charge in [0.25, 0.3) is 11.6 Å². The fraction of sp³-hybridized carbons (Fsp3) is 0.611. The van der Waals surface area contributed by atoms with Gasteiger partial charge in [-0.3, -0.25) is 4.79 Å². The average molecular weight is 330 g/mol. The Morgan fingerprint density at radius 2 is 2.08 bits per heavy atom. The maximum atomic E-state index is 12.6. The first-order valence-electron chi connectivity index (χ1n) is 8.79. The zero-order valence-electron chi connectivity index (χ0n) is 14.8. The lowest BCUT2D eigenvalue weighted by Gasteiger charge is -2.29. The molecule has 2 aromatic rings. The summed E-state index contributed by atoms with van der Waals surface area (Å²) in [5, 5.41) is 7.70. The first-order chi connectivity index (χ1) is 11.5. The lowest BCUT2D eigenvalue weighted by Crippen LogP contribution is -2.38. The third kappa shape index (κ3) is 3.75. The van der Waals surface area contributed by atoms with Crippen molar-refractivity contribution in [2.24, 2.45) is 5.92 Å². The summed E-state index contributed by atoms with van der Waals surface area (Å²) in [5.74, 6) is 0.344. The van der Waals surface area contributed by atoms with Gasteiger partial charge in [-0.15, -0.1) is 0 Å². The zero-order valence-corrected chi connectivity index (χ0v) is 14.8. The van der Waals surface area contributed by atoms with Crippen molar-refractivity contribution in [2.75, 3.05) is 26.2 Å². The molecule has 1 amide bonds. The predicted octanol–water partition coefficient (Wildman–Crippen LogP) is 2.69. The summed E-state index contributed by atoms with van der Waals surface area (Å²) < 4.78 is 5.20. The second-order valence-corrected chi connectivity index (χ2v) is 6.94. The Labute approximate surface area is 142 Å². The number of amides is 1. The number of fused-ring (bicyclic) bond motifs is 1. The van der Waals surface area contributed by atoms with E-state index in [1.807, 2.05) is 13.8 Å². The Hall–Kier alpha value is -1.95. The van der Waals surface area contributed by atoms with Gasteiger partial charge in [0.05, 0.1) is 16.6 Å². The van der Waals surface area contributed by atoms with Crippen LogP contribution >= 0.6 is 0 Å². The number of pyridine rings is 1. The number of nitrogens with one attached hydrogen (secondary N) is 1. The van der Waals surface area contributed by atoms with Crippen LogP contribution in [0.4, 0.5) is 0 Å². The molecule has 0 bridgehead atoms. The Balaban J connectivity index is 1.63. The summed E-state index contributed by atoms with van der Waals surface area (Å²) in [4.78, 5) is 19.4. The van der Waals surface area contributed by atoms with Crippen LogP contribution in [0.3, 0.4) is 0 Å². The molecule has 6 heteroatoms. The number of hydrogen-bond acceptors (Lipinski definition) is 5. The van der Waals surface area contributed by atoms with Gasteiger partial charge in [-0.1, -0.05) is 18.5 Å². The van der Waals surface area contributed by atoms with Gasteiger partial charge < -0.3 is 14.7 Å². The van der Waals surface area contributed by atoms with Crippen molar-refractivity contribution in [3.8, 4) is 0 Å². The minimum atomic E-state index is -0.0812. The van der Waals surface area contributed by atoms with E-state index in [9.17, 15) is 4.79 Å². The summed E-state index contributed by atoms with van der Waals surface area (Å²) in [6.45, 7) is 9.95. The zero-order chi connectivity index (χ0) is 17.1. The van der Waals surface area contributed by atoms with Gasteiger partial charge >= 0.3 is 0 Å². The molecule has 6 nitrogen and oxygen atoms in total. The highest BCUT2D eigenvalue weighted by molar-refractivity contribution is 6.06. The van der Waals surface area contributed by atoms with Crippen LogP contribution in [-0.4, -0.2) is 47.1 Å².